The maximum absolute atomic E-state index is 6.01. The minimum Gasteiger partial charge on any atom is -0.355 e. The summed E-state index contributed by atoms with van der Waals surface area (Å²) in [5.74, 6) is 0. The lowest BCUT2D eigenvalue weighted by Gasteiger charge is -2.15. The Balaban J connectivity index is 1.31. The summed E-state index contributed by atoms with van der Waals surface area (Å²) in [6, 6.07) is 52.8. The van der Waals surface area contributed by atoms with Crippen molar-refractivity contribution >= 4 is 45.0 Å². The maximum Gasteiger partial charge on any atom is 0.0562 e. The monoisotopic (exact) mass is 568 g/mol. The second-order valence-electron chi connectivity index (χ2n) is 10.7. The number of para-hydroxylation sites is 2. The number of fused-ring (bicyclic) bond motifs is 3. The molecule has 3 N–H and O–H groups in total. The molecule has 0 saturated carbocycles. The van der Waals surface area contributed by atoms with Gasteiger partial charge in [-0.15, -0.1) is 0 Å². The number of hydrogen-bond acceptors (Lipinski definition) is 3. The third-order valence-corrected chi connectivity index (χ3v) is 7.90. The van der Waals surface area contributed by atoms with Gasteiger partial charge in [-0.3, -0.25) is 4.99 Å². The highest BCUT2D eigenvalue weighted by molar-refractivity contribution is 6.12. The van der Waals surface area contributed by atoms with Gasteiger partial charge in [0.2, 0.25) is 0 Å². The van der Waals surface area contributed by atoms with Crippen molar-refractivity contribution in [2.24, 2.45) is 10.7 Å². The molecule has 6 aromatic carbocycles. The number of benzene rings is 6. The van der Waals surface area contributed by atoms with Gasteiger partial charge in [-0.05, 0) is 64.7 Å². The van der Waals surface area contributed by atoms with Gasteiger partial charge in [0.05, 0.1) is 11.0 Å². The highest BCUT2D eigenvalue weighted by atomic mass is 15.0. The van der Waals surface area contributed by atoms with Gasteiger partial charge in [0.1, 0.15) is 0 Å². The van der Waals surface area contributed by atoms with Crippen molar-refractivity contribution in [3.05, 3.63) is 169 Å². The van der Waals surface area contributed by atoms with E-state index in [9.17, 15) is 0 Å². The fourth-order valence-electron chi connectivity index (χ4n) is 5.79. The SMILES string of the molecule is NC/C(=C\N=C\c1cccc(Nc2cc3c(cc2-c2ccccc2)c2ccccc2n3-c2ccccc2)c1)c1ccccc1. The fourth-order valence-corrected chi connectivity index (χ4v) is 5.79. The summed E-state index contributed by atoms with van der Waals surface area (Å²) in [5, 5.41) is 6.20. The van der Waals surface area contributed by atoms with Crippen molar-refractivity contribution in [3.8, 4) is 16.8 Å². The molecular formula is C40H32N4. The molecule has 0 amide bonds. The summed E-state index contributed by atoms with van der Waals surface area (Å²) < 4.78 is 2.35. The topological polar surface area (TPSA) is 55.3 Å². The van der Waals surface area contributed by atoms with E-state index < -0.39 is 0 Å². The second-order valence-corrected chi connectivity index (χ2v) is 10.7. The van der Waals surface area contributed by atoms with Crippen LogP contribution in [0.4, 0.5) is 11.4 Å². The number of rotatable bonds is 8. The molecule has 212 valence electrons. The highest BCUT2D eigenvalue weighted by Crippen LogP contribution is 2.40. The van der Waals surface area contributed by atoms with Gasteiger partial charge >= 0.3 is 0 Å². The molecule has 0 aliphatic heterocycles. The van der Waals surface area contributed by atoms with Crippen LogP contribution in [0, 0.1) is 0 Å². The molecule has 1 aromatic heterocycles. The van der Waals surface area contributed by atoms with E-state index in [1.807, 2.05) is 30.6 Å². The summed E-state index contributed by atoms with van der Waals surface area (Å²) in [6.07, 6.45) is 3.72. The first kappa shape index (κ1) is 27.1. The second kappa shape index (κ2) is 12.3. The molecule has 0 fully saturated rings. The van der Waals surface area contributed by atoms with E-state index in [4.69, 9.17) is 5.73 Å². The average Bonchev–Trinajstić information content (AvgIpc) is 3.41. The zero-order chi connectivity index (χ0) is 29.7. The molecule has 0 bridgehead atoms. The molecule has 1 heterocycles. The molecule has 4 nitrogen and oxygen atoms in total. The molecule has 0 radical (unpaired) electrons. The molecule has 4 heteroatoms. The summed E-state index contributed by atoms with van der Waals surface area (Å²) >= 11 is 0. The lowest BCUT2D eigenvalue weighted by Crippen LogP contribution is -2.01. The van der Waals surface area contributed by atoms with Crippen LogP contribution in [0.25, 0.3) is 44.2 Å². The van der Waals surface area contributed by atoms with E-state index in [-0.39, 0.29) is 0 Å². The van der Waals surface area contributed by atoms with Crippen molar-refractivity contribution in [1.82, 2.24) is 4.57 Å². The Kier molecular flexibility index (Phi) is 7.56. The van der Waals surface area contributed by atoms with Crippen molar-refractivity contribution in [3.63, 3.8) is 0 Å². The molecule has 44 heavy (non-hydrogen) atoms. The van der Waals surface area contributed by atoms with Gasteiger partial charge < -0.3 is 15.6 Å². The van der Waals surface area contributed by atoms with Gasteiger partial charge in [-0.1, -0.05) is 109 Å². The molecule has 7 rings (SSSR count). The number of aliphatic imine (C=N–C) groups is 1. The number of aromatic nitrogens is 1. The van der Waals surface area contributed by atoms with Crippen LogP contribution in [0.15, 0.2) is 163 Å². The Morgan fingerprint density at radius 1 is 0.659 bits per heavy atom. The summed E-state index contributed by atoms with van der Waals surface area (Å²) in [6.45, 7) is 0.424. The predicted octanol–water partition coefficient (Wildman–Crippen LogP) is 9.61. The zero-order valence-electron chi connectivity index (χ0n) is 24.3. The van der Waals surface area contributed by atoms with E-state index >= 15 is 0 Å². The van der Waals surface area contributed by atoms with E-state index in [2.05, 4.69) is 148 Å². The van der Waals surface area contributed by atoms with Crippen LogP contribution < -0.4 is 11.1 Å². The maximum atomic E-state index is 6.01. The molecule has 0 spiro atoms. The quantitative estimate of drug-likeness (QED) is 0.179. The molecule has 7 aromatic rings. The zero-order valence-corrected chi connectivity index (χ0v) is 24.3. The fraction of sp³-hybridized carbons (Fsp3) is 0.0250. The number of nitrogens with two attached hydrogens (primary N) is 1. The Hall–Kier alpha value is -5.71. The summed E-state index contributed by atoms with van der Waals surface area (Å²) in [4.78, 5) is 4.61. The first-order valence-electron chi connectivity index (χ1n) is 14.8. The van der Waals surface area contributed by atoms with Crippen molar-refractivity contribution in [2.75, 3.05) is 11.9 Å². The standard InChI is InChI=1S/C40H32N4/c41-26-32(30-14-4-1-5-15-30)28-42-27-29-13-12-18-33(23-29)43-38-25-40-37(24-36(38)31-16-6-2-7-17-31)35-21-10-11-22-39(35)44(40)34-19-8-3-9-20-34/h1-25,27-28,43H,26,41H2/b32-28+,42-27+. The highest BCUT2D eigenvalue weighted by Gasteiger charge is 2.16. The van der Waals surface area contributed by atoms with E-state index in [0.717, 1.165) is 50.4 Å². The molecule has 0 aliphatic carbocycles. The Bertz CT molecular complexity index is 2110. The van der Waals surface area contributed by atoms with Crippen LogP contribution >= 0.6 is 0 Å². The molecular weight excluding hydrogens is 536 g/mol. The molecule has 0 saturated heterocycles. The van der Waals surface area contributed by atoms with Crippen molar-refractivity contribution in [1.29, 1.82) is 0 Å². The van der Waals surface area contributed by atoms with Gasteiger partial charge in [-0.25, -0.2) is 0 Å². The number of anilines is 2. The van der Waals surface area contributed by atoms with E-state index in [1.165, 1.54) is 16.3 Å². The predicted molar refractivity (Wildman–Crippen MR) is 187 cm³/mol. The normalized spacial score (nSPS) is 11.9. The first-order chi connectivity index (χ1) is 21.8. The van der Waals surface area contributed by atoms with Crippen LogP contribution in [-0.4, -0.2) is 17.3 Å². The summed E-state index contributed by atoms with van der Waals surface area (Å²) in [5.41, 5.74) is 16.9. The van der Waals surface area contributed by atoms with Gasteiger partial charge in [0.25, 0.3) is 0 Å². The number of nitrogens with zero attached hydrogens (tertiary/aromatic N) is 2. The van der Waals surface area contributed by atoms with E-state index in [1.54, 1.807) is 0 Å². The molecule has 0 aliphatic rings. The van der Waals surface area contributed by atoms with Crippen LogP contribution in [0.5, 0.6) is 0 Å². The Morgan fingerprint density at radius 3 is 2.14 bits per heavy atom. The number of nitrogens with one attached hydrogen (secondary N) is 1. The van der Waals surface area contributed by atoms with E-state index in [0.29, 0.717) is 6.54 Å². The van der Waals surface area contributed by atoms with Gasteiger partial charge in [0, 0.05) is 52.4 Å². The third kappa shape index (κ3) is 5.42. The van der Waals surface area contributed by atoms with Crippen LogP contribution in [0.3, 0.4) is 0 Å². The van der Waals surface area contributed by atoms with Crippen LogP contribution in [-0.2, 0) is 0 Å². The minimum atomic E-state index is 0.424. The minimum absolute atomic E-state index is 0.424. The van der Waals surface area contributed by atoms with Crippen molar-refractivity contribution < 1.29 is 0 Å². The molecule has 0 atom stereocenters. The average molecular weight is 569 g/mol. The lowest BCUT2D eigenvalue weighted by molar-refractivity contribution is 1.18. The Labute approximate surface area is 257 Å². The Morgan fingerprint density at radius 2 is 1.36 bits per heavy atom. The largest absolute Gasteiger partial charge is 0.355 e. The van der Waals surface area contributed by atoms with Gasteiger partial charge in [0.15, 0.2) is 0 Å². The summed E-state index contributed by atoms with van der Waals surface area (Å²) in [7, 11) is 0. The van der Waals surface area contributed by atoms with Crippen molar-refractivity contribution in [2.45, 2.75) is 0 Å². The van der Waals surface area contributed by atoms with Crippen LogP contribution in [0.2, 0.25) is 0 Å². The smallest absolute Gasteiger partial charge is 0.0562 e. The third-order valence-electron chi connectivity index (χ3n) is 7.90. The number of hydrogen-bond donors (Lipinski definition) is 2. The van der Waals surface area contributed by atoms with Crippen LogP contribution in [0.1, 0.15) is 11.1 Å². The van der Waals surface area contributed by atoms with Gasteiger partial charge in [-0.2, -0.15) is 0 Å². The first-order valence-corrected chi connectivity index (χ1v) is 14.8. The lowest BCUT2D eigenvalue weighted by atomic mass is 10.00. The molecule has 0 unspecified atom stereocenters.